The first kappa shape index (κ1) is 11.7. The molecule has 0 atom stereocenters. The van der Waals surface area contributed by atoms with E-state index in [0.717, 1.165) is 0 Å². The molecule has 17 heavy (non-hydrogen) atoms. The number of pyridine rings is 1. The van der Waals surface area contributed by atoms with Gasteiger partial charge in [-0.25, -0.2) is 0 Å². The van der Waals surface area contributed by atoms with Gasteiger partial charge in [0.25, 0.3) is 5.69 Å². The van der Waals surface area contributed by atoms with E-state index in [1.807, 2.05) is 0 Å². The Morgan fingerprint density at radius 1 is 1.71 bits per heavy atom. The summed E-state index contributed by atoms with van der Waals surface area (Å²) in [5.41, 5.74) is 4.72. The van der Waals surface area contributed by atoms with Gasteiger partial charge in [-0.1, -0.05) is 11.6 Å². The molecule has 1 aromatic rings. The van der Waals surface area contributed by atoms with Crippen LogP contribution in [0.3, 0.4) is 0 Å². The lowest BCUT2D eigenvalue weighted by Gasteiger charge is -2.04. The minimum Gasteiger partial charge on any atom is -0.258 e. The van der Waals surface area contributed by atoms with Gasteiger partial charge in [-0.05, 0) is 10.2 Å². The van der Waals surface area contributed by atoms with Crippen molar-refractivity contribution in [3.63, 3.8) is 0 Å². The van der Waals surface area contributed by atoms with E-state index in [1.165, 1.54) is 12.3 Å². The van der Waals surface area contributed by atoms with Crippen molar-refractivity contribution in [2.75, 3.05) is 7.05 Å². The van der Waals surface area contributed by atoms with E-state index in [-0.39, 0.29) is 17.1 Å². The van der Waals surface area contributed by atoms with Crippen molar-refractivity contribution in [3.8, 4) is 0 Å². The van der Waals surface area contributed by atoms with E-state index in [2.05, 4.69) is 15.5 Å². The van der Waals surface area contributed by atoms with Crippen LogP contribution in [0.15, 0.2) is 17.4 Å². The number of hydrazine groups is 1. The summed E-state index contributed by atoms with van der Waals surface area (Å²) in [6.07, 6.45) is 1.64. The molecule has 0 amide bonds. The van der Waals surface area contributed by atoms with Gasteiger partial charge in [-0.2, -0.15) is 0 Å². The third kappa shape index (κ3) is 2.67. The van der Waals surface area contributed by atoms with Gasteiger partial charge in [0.2, 0.25) is 0 Å². The quantitative estimate of drug-likeness (QED) is 0.429. The number of nitro groups is 1. The Kier molecular flexibility index (Phi) is 3.18. The molecule has 1 aliphatic heterocycles. The predicted octanol–water partition coefficient (Wildman–Crippen LogP) is -0.572. The van der Waals surface area contributed by atoms with Gasteiger partial charge in [-0.3, -0.25) is 20.5 Å². The zero-order valence-corrected chi connectivity index (χ0v) is 9.68. The third-order valence-corrected chi connectivity index (χ3v) is 2.34. The summed E-state index contributed by atoms with van der Waals surface area (Å²) in [5, 5.41) is 16.8. The van der Waals surface area contributed by atoms with E-state index in [0.29, 0.717) is 11.5 Å². The highest BCUT2D eigenvalue weighted by Gasteiger charge is 2.22. The smallest absolute Gasteiger partial charge is 0.258 e. The number of nitrogens with zero attached hydrogens (tertiary/aromatic N) is 4. The highest BCUT2D eigenvalue weighted by Crippen LogP contribution is 2.21. The summed E-state index contributed by atoms with van der Waals surface area (Å²) in [6.45, 7) is 0. The van der Waals surface area contributed by atoms with Crippen LogP contribution >= 0.6 is 11.6 Å². The van der Waals surface area contributed by atoms with Crippen molar-refractivity contribution < 1.29 is 10.5 Å². The lowest BCUT2D eigenvalue weighted by Crippen LogP contribution is -2.86. The number of hydrogen-bond donors (Lipinski definition) is 2. The van der Waals surface area contributed by atoms with Gasteiger partial charge in [0.05, 0.1) is 23.4 Å². The number of aromatic nitrogens is 1. The number of halogens is 1. The number of hydrogen-bond acceptors (Lipinski definition) is 6. The average Bonchev–Trinajstić information content (AvgIpc) is 2.66. The standard InChI is InChI=1S/C8H9ClN6O2/c1-14-12-8(11-13-14)3-6-7(15(16)17)2-5(9)4-10-6/h2,4,13H,3H2,1H3,(H,11,12)/p+1. The average molecular weight is 258 g/mol. The van der Waals surface area contributed by atoms with Gasteiger partial charge < -0.3 is 0 Å². The molecule has 0 aliphatic carbocycles. The van der Waals surface area contributed by atoms with Crippen molar-refractivity contribution in [2.24, 2.45) is 5.10 Å². The van der Waals surface area contributed by atoms with Crippen LogP contribution in [0.4, 0.5) is 5.69 Å². The largest absolute Gasteiger partial charge is 0.292 e. The summed E-state index contributed by atoms with van der Waals surface area (Å²) in [5.74, 6) is 0.602. The molecule has 0 fully saturated rings. The highest BCUT2D eigenvalue weighted by molar-refractivity contribution is 6.30. The Balaban J connectivity index is 2.23. The maximum atomic E-state index is 10.8. The molecule has 3 N–H and O–H groups in total. The summed E-state index contributed by atoms with van der Waals surface area (Å²) in [4.78, 5) is 14.3. The van der Waals surface area contributed by atoms with Gasteiger partial charge >= 0.3 is 0 Å². The molecule has 0 saturated carbocycles. The van der Waals surface area contributed by atoms with E-state index in [4.69, 9.17) is 11.6 Å². The second-order valence-electron chi connectivity index (χ2n) is 3.47. The molecule has 0 saturated heterocycles. The number of quaternary nitrogens is 1. The second kappa shape index (κ2) is 4.62. The number of nitrogens with two attached hydrogens (primary N) is 1. The van der Waals surface area contributed by atoms with Gasteiger partial charge in [-0.15, -0.1) is 5.53 Å². The number of amidine groups is 1. The van der Waals surface area contributed by atoms with E-state index in [9.17, 15) is 10.1 Å². The van der Waals surface area contributed by atoms with Crippen molar-refractivity contribution in [1.29, 1.82) is 0 Å². The summed E-state index contributed by atoms with van der Waals surface area (Å²) in [6, 6.07) is 1.28. The van der Waals surface area contributed by atoms with Crippen molar-refractivity contribution >= 4 is 23.1 Å². The van der Waals surface area contributed by atoms with Crippen LogP contribution in [0, 0.1) is 10.1 Å². The van der Waals surface area contributed by atoms with E-state index >= 15 is 0 Å². The van der Waals surface area contributed by atoms with Gasteiger partial charge in [0.15, 0.2) is 5.84 Å². The fourth-order valence-corrected chi connectivity index (χ4v) is 1.56. The Labute approximate surface area is 101 Å². The zero-order chi connectivity index (χ0) is 12.4. The van der Waals surface area contributed by atoms with Crippen molar-refractivity contribution in [2.45, 2.75) is 6.42 Å². The minimum absolute atomic E-state index is 0.100. The lowest BCUT2D eigenvalue weighted by atomic mass is 10.2. The van der Waals surface area contributed by atoms with Crippen LogP contribution in [0.1, 0.15) is 5.69 Å². The van der Waals surface area contributed by atoms with Gasteiger partial charge in [0.1, 0.15) is 5.69 Å². The van der Waals surface area contributed by atoms with Crippen LogP contribution in [0.5, 0.6) is 0 Å². The van der Waals surface area contributed by atoms with E-state index < -0.39 is 4.92 Å². The van der Waals surface area contributed by atoms with Gasteiger partial charge in [0, 0.05) is 12.3 Å². The highest BCUT2D eigenvalue weighted by atomic mass is 35.5. The lowest BCUT2D eigenvalue weighted by molar-refractivity contribution is -0.803. The molecule has 0 unspecified atom stereocenters. The first-order valence-corrected chi connectivity index (χ1v) is 5.12. The molecule has 90 valence electrons. The fourth-order valence-electron chi connectivity index (χ4n) is 1.41. The normalized spacial score (nSPS) is 15.5. The molecule has 0 spiro atoms. The first-order valence-electron chi connectivity index (χ1n) is 4.74. The molecular formula is C8H10ClN6O2+. The van der Waals surface area contributed by atoms with Crippen LogP contribution in [0.25, 0.3) is 0 Å². The molecule has 0 radical (unpaired) electrons. The molecule has 1 aromatic heterocycles. The summed E-state index contributed by atoms with van der Waals surface area (Å²) in [7, 11) is 1.78. The molecule has 2 heterocycles. The number of rotatable bonds is 3. The first-order chi connectivity index (χ1) is 8.06. The van der Waals surface area contributed by atoms with Crippen molar-refractivity contribution in [1.82, 2.24) is 15.5 Å². The molecule has 9 heteroatoms. The SMILES string of the molecule is CN1NC(Cc2ncc(Cl)cc2[N+](=O)[O-])=N[NH2+]1. The summed E-state index contributed by atoms with van der Waals surface area (Å²) < 4.78 is 0. The maximum Gasteiger partial charge on any atom is 0.292 e. The van der Waals surface area contributed by atoms with Crippen LogP contribution in [-0.2, 0) is 6.42 Å². The fraction of sp³-hybridized carbons (Fsp3) is 0.250. The topological polar surface area (TPSA) is 100 Å². The Morgan fingerprint density at radius 2 is 2.47 bits per heavy atom. The zero-order valence-electron chi connectivity index (χ0n) is 8.92. The number of nitrogens with one attached hydrogen (secondary N) is 1. The van der Waals surface area contributed by atoms with E-state index in [1.54, 1.807) is 17.7 Å². The monoisotopic (exact) mass is 257 g/mol. The Morgan fingerprint density at radius 3 is 3.06 bits per heavy atom. The third-order valence-electron chi connectivity index (χ3n) is 2.14. The Hall–Kier alpha value is -1.77. The summed E-state index contributed by atoms with van der Waals surface area (Å²) >= 11 is 5.67. The Bertz CT molecular complexity index is 491. The van der Waals surface area contributed by atoms with Crippen LogP contribution in [-0.4, -0.2) is 27.9 Å². The molecule has 0 aromatic carbocycles. The second-order valence-corrected chi connectivity index (χ2v) is 3.90. The molecule has 8 nitrogen and oxygen atoms in total. The molecular weight excluding hydrogens is 248 g/mol. The predicted molar refractivity (Wildman–Crippen MR) is 59.9 cm³/mol. The van der Waals surface area contributed by atoms with Crippen LogP contribution in [0.2, 0.25) is 5.02 Å². The molecule has 1 aliphatic rings. The molecule has 2 rings (SSSR count). The maximum absolute atomic E-state index is 10.8. The van der Waals surface area contributed by atoms with Crippen molar-refractivity contribution in [3.05, 3.63) is 33.1 Å². The van der Waals surface area contributed by atoms with Crippen LogP contribution < -0.4 is 11.0 Å². The molecule has 0 bridgehead atoms. The minimum atomic E-state index is -0.503.